The first kappa shape index (κ1) is 23.1. The van der Waals surface area contributed by atoms with Gasteiger partial charge in [0, 0.05) is 56.3 Å². The van der Waals surface area contributed by atoms with Gasteiger partial charge in [0.2, 0.25) is 5.91 Å². The Kier molecular flexibility index (Phi) is 7.04. The molecule has 1 aromatic heterocycles. The summed E-state index contributed by atoms with van der Waals surface area (Å²) in [5, 5.41) is 4.10. The van der Waals surface area contributed by atoms with Crippen molar-refractivity contribution in [3.8, 4) is 0 Å². The summed E-state index contributed by atoms with van der Waals surface area (Å²) in [6.45, 7) is 6.33. The summed E-state index contributed by atoms with van der Waals surface area (Å²) in [6, 6.07) is 7.88. The van der Waals surface area contributed by atoms with Gasteiger partial charge in [-0.05, 0) is 55.1 Å². The largest absolute Gasteiger partial charge is 0.353 e. The number of amides is 1. The molecule has 2 saturated heterocycles. The number of hydrogen-bond acceptors (Lipinski definition) is 5. The molecule has 0 radical (unpaired) electrons. The molecule has 7 nitrogen and oxygen atoms in total. The highest BCUT2D eigenvalue weighted by Gasteiger charge is 2.27. The van der Waals surface area contributed by atoms with Crippen LogP contribution in [-0.2, 0) is 11.3 Å². The highest BCUT2D eigenvalue weighted by Crippen LogP contribution is 2.33. The Bertz CT molecular complexity index is 1090. The van der Waals surface area contributed by atoms with Crippen LogP contribution in [0.4, 0.5) is 5.82 Å². The van der Waals surface area contributed by atoms with Crippen LogP contribution in [0.5, 0.6) is 0 Å². The summed E-state index contributed by atoms with van der Waals surface area (Å²) in [5.41, 5.74) is 9.21. The molecule has 1 amide bonds. The highest BCUT2D eigenvalue weighted by atomic mass is 35.5. The van der Waals surface area contributed by atoms with Gasteiger partial charge < -0.3 is 25.4 Å². The predicted octanol–water partition coefficient (Wildman–Crippen LogP) is 3.01. The lowest BCUT2D eigenvalue weighted by atomic mass is 9.94. The summed E-state index contributed by atoms with van der Waals surface area (Å²) in [4.78, 5) is 21.9. The third kappa shape index (κ3) is 4.78. The zero-order valence-electron chi connectivity index (χ0n) is 19.5. The van der Waals surface area contributed by atoms with Gasteiger partial charge in [-0.15, -0.1) is 0 Å². The molecular weight excluding hydrogens is 448 g/mol. The van der Waals surface area contributed by atoms with Crippen LogP contribution in [0.1, 0.15) is 30.7 Å². The number of hydrogen-bond donors (Lipinski definition) is 2. The summed E-state index contributed by atoms with van der Waals surface area (Å²) in [6.07, 6.45) is 9.11. The average molecular weight is 481 g/mol. The average Bonchev–Trinajstić information content (AvgIpc) is 3.18. The Morgan fingerprint density at radius 3 is 2.65 bits per heavy atom. The van der Waals surface area contributed by atoms with E-state index < -0.39 is 0 Å². The van der Waals surface area contributed by atoms with Gasteiger partial charge in [0.25, 0.3) is 0 Å². The normalized spacial score (nSPS) is 19.4. The molecule has 4 heterocycles. The molecule has 34 heavy (non-hydrogen) atoms. The minimum atomic E-state index is 0.307. The number of nitrogens with one attached hydrogen (secondary N) is 1. The molecule has 0 unspecified atom stereocenters. The van der Waals surface area contributed by atoms with Crippen LogP contribution in [0.2, 0.25) is 5.02 Å². The van der Waals surface area contributed by atoms with Gasteiger partial charge in [-0.3, -0.25) is 4.79 Å². The number of piperazine rings is 1. The number of nitrogens with zero attached hydrogens (tertiary/aromatic N) is 4. The van der Waals surface area contributed by atoms with E-state index in [0.717, 1.165) is 85.5 Å². The van der Waals surface area contributed by atoms with Crippen LogP contribution in [0, 0.1) is 5.92 Å². The van der Waals surface area contributed by atoms with Crippen molar-refractivity contribution in [3.05, 3.63) is 58.5 Å². The Balaban J connectivity index is 1.28. The molecule has 3 N–H and O–H groups in total. The number of rotatable bonds is 5. The van der Waals surface area contributed by atoms with E-state index in [4.69, 9.17) is 22.3 Å². The summed E-state index contributed by atoms with van der Waals surface area (Å²) in [5.74, 6) is 2.82. The number of anilines is 1. The third-order valence-electron chi connectivity index (χ3n) is 7.25. The molecule has 3 aliphatic rings. The fourth-order valence-electron chi connectivity index (χ4n) is 5.26. The van der Waals surface area contributed by atoms with Gasteiger partial charge in [0.1, 0.15) is 11.6 Å². The quantitative estimate of drug-likeness (QED) is 0.687. The molecule has 0 spiro atoms. The topological polar surface area (TPSA) is 79.4 Å². The molecule has 0 bridgehead atoms. The van der Waals surface area contributed by atoms with Crippen LogP contribution in [0.25, 0.3) is 11.6 Å². The summed E-state index contributed by atoms with van der Waals surface area (Å²) < 4.78 is 2.23. The number of allylic oxidation sites excluding steroid dienone is 1. The second-order valence-corrected chi connectivity index (χ2v) is 9.73. The van der Waals surface area contributed by atoms with Crippen molar-refractivity contribution in [1.29, 1.82) is 0 Å². The van der Waals surface area contributed by atoms with E-state index in [1.165, 1.54) is 0 Å². The van der Waals surface area contributed by atoms with Crippen molar-refractivity contribution in [3.63, 3.8) is 0 Å². The molecule has 2 aromatic rings. The standard InChI is InChI=1S/C26H33ClN6O/c27-23-4-2-1-3-22(23)21-7-10-33-24(16-20(21)17-28)30-18-25(33)31-11-13-32(14-12-31)26(34)15-19-5-8-29-9-6-19/h1-4,7,16,18-19,29H,5-6,8-15,17,28H2. The van der Waals surface area contributed by atoms with Crippen LogP contribution < -0.4 is 16.0 Å². The van der Waals surface area contributed by atoms with E-state index in [1.807, 2.05) is 35.4 Å². The van der Waals surface area contributed by atoms with Gasteiger partial charge in [0.05, 0.1) is 6.20 Å². The van der Waals surface area contributed by atoms with Gasteiger partial charge in [-0.25, -0.2) is 4.98 Å². The third-order valence-corrected chi connectivity index (χ3v) is 7.58. The number of halogens is 1. The lowest BCUT2D eigenvalue weighted by molar-refractivity contribution is -0.132. The highest BCUT2D eigenvalue weighted by molar-refractivity contribution is 6.32. The number of carbonyl (C=O) groups is 1. The van der Waals surface area contributed by atoms with Crippen molar-refractivity contribution in [2.24, 2.45) is 11.7 Å². The van der Waals surface area contributed by atoms with E-state index in [2.05, 4.69) is 26.9 Å². The Morgan fingerprint density at radius 1 is 1.15 bits per heavy atom. The fraction of sp³-hybridized carbons (Fsp3) is 0.462. The van der Waals surface area contributed by atoms with E-state index in [-0.39, 0.29) is 0 Å². The molecule has 0 atom stereocenters. The van der Waals surface area contributed by atoms with Crippen molar-refractivity contribution in [1.82, 2.24) is 19.8 Å². The van der Waals surface area contributed by atoms with E-state index in [0.29, 0.717) is 31.3 Å². The second kappa shape index (κ2) is 10.3. The van der Waals surface area contributed by atoms with E-state index >= 15 is 0 Å². The number of benzene rings is 1. The molecule has 8 heteroatoms. The maximum Gasteiger partial charge on any atom is 0.222 e. The van der Waals surface area contributed by atoms with Gasteiger partial charge in [0.15, 0.2) is 0 Å². The van der Waals surface area contributed by atoms with Crippen LogP contribution in [0.3, 0.4) is 0 Å². The Morgan fingerprint density at radius 2 is 1.91 bits per heavy atom. The Hall–Kier alpha value is -2.61. The maximum atomic E-state index is 12.8. The zero-order valence-corrected chi connectivity index (χ0v) is 20.3. The molecule has 5 rings (SSSR count). The fourth-order valence-corrected chi connectivity index (χ4v) is 5.50. The SMILES string of the molecule is NCC1=Cc2ncc(N3CCN(C(=O)CC4CCNCC4)CC3)n2CC=C1c1ccccc1Cl. The van der Waals surface area contributed by atoms with E-state index in [1.54, 1.807) is 0 Å². The Labute approximate surface area is 206 Å². The molecule has 1 aromatic carbocycles. The number of piperidine rings is 1. The first-order chi connectivity index (χ1) is 16.6. The molecular formula is C26H33ClN6O. The van der Waals surface area contributed by atoms with Crippen LogP contribution >= 0.6 is 11.6 Å². The van der Waals surface area contributed by atoms with Gasteiger partial charge >= 0.3 is 0 Å². The van der Waals surface area contributed by atoms with Crippen molar-refractivity contribution in [2.45, 2.75) is 25.8 Å². The first-order valence-electron chi connectivity index (χ1n) is 12.3. The van der Waals surface area contributed by atoms with E-state index in [9.17, 15) is 4.79 Å². The number of imidazole rings is 1. The summed E-state index contributed by atoms with van der Waals surface area (Å²) in [7, 11) is 0. The van der Waals surface area contributed by atoms with Gasteiger partial charge in [-0.1, -0.05) is 35.9 Å². The van der Waals surface area contributed by atoms with Crippen molar-refractivity contribution in [2.75, 3.05) is 50.7 Å². The van der Waals surface area contributed by atoms with Crippen LogP contribution in [-0.4, -0.2) is 66.2 Å². The molecule has 0 saturated carbocycles. The molecule has 0 aliphatic carbocycles. The molecule has 3 aliphatic heterocycles. The monoisotopic (exact) mass is 480 g/mol. The zero-order chi connectivity index (χ0) is 23.5. The maximum absolute atomic E-state index is 12.8. The number of fused-ring (bicyclic) bond motifs is 1. The first-order valence-corrected chi connectivity index (χ1v) is 12.7. The number of aromatic nitrogens is 2. The minimum Gasteiger partial charge on any atom is -0.353 e. The molecule has 2 fully saturated rings. The van der Waals surface area contributed by atoms with Gasteiger partial charge in [-0.2, -0.15) is 0 Å². The predicted molar refractivity (Wildman–Crippen MR) is 138 cm³/mol. The number of nitrogens with two attached hydrogens (primary N) is 1. The van der Waals surface area contributed by atoms with Crippen LogP contribution in [0.15, 0.2) is 42.1 Å². The lowest BCUT2D eigenvalue weighted by Gasteiger charge is -2.37. The smallest absolute Gasteiger partial charge is 0.222 e. The second-order valence-electron chi connectivity index (χ2n) is 9.32. The summed E-state index contributed by atoms with van der Waals surface area (Å²) >= 11 is 6.50. The van der Waals surface area contributed by atoms with Crippen molar-refractivity contribution < 1.29 is 4.79 Å². The minimum absolute atomic E-state index is 0.307. The molecule has 180 valence electrons. The lowest BCUT2D eigenvalue weighted by Crippen LogP contribution is -2.49. The van der Waals surface area contributed by atoms with Crippen molar-refractivity contribution >= 4 is 35.0 Å². The number of carbonyl (C=O) groups excluding carboxylic acids is 1.